The van der Waals surface area contributed by atoms with E-state index in [0.717, 1.165) is 12.5 Å². The van der Waals surface area contributed by atoms with Crippen LogP contribution < -0.4 is 5.32 Å². The molecule has 2 heterocycles. The SMILES string of the molecule is CCC(C)C1CN(C(C)c2ccsc2)C(C(C)C)CN1. The zero-order chi connectivity index (χ0) is 14.7. The van der Waals surface area contributed by atoms with E-state index in [0.29, 0.717) is 24.0 Å². The van der Waals surface area contributed by atoms with E-state index >= 15 is 0 Å². The molecule has 0 aliphatic carbocycles. The van der Waals surface area contributed by atoms with Gasteiger partial charge in [-0.15, -0.1) is 0 Å². The molecule has 0 bridgehead atoms. The highest BCUT2D eigenvalue weighted by molar-refractivity contribution is 7.07. The second-order valence-electron chi connectivity index (χ2n) is 6.64. The Hall–Kier alpha value is -0.380. The van der Waals surface area contributed by atoms with Gasteiger partial charge in [0.2, 0.25) is 0 Å². The lowest BCUT2D eigenvalue weighted by atomic mass is 9.90. The number of piperazine rings is 1. The van der Waals surface area contributed by atoms with E-state index in [1.165, 1.54) is 18.5 Å². The lowest BCUT2D eigenvalue weighted by Gasteiger charge is -2.47. The van der Waals surface area contributed by atoms with Crippen LogP contribution in [0.5, 0.6) is 0 Å². The van der Waals surface area contributed by atoms with Crippen LogP contribution in [0.25, 0.3) is 0 Å². The van der Waals surface area contributed by atoms with Crippen LogP contribution in [0.1, 0.15) is 52.6 Å². The highest BCUT2D eigenvalue weighted by atomic mass is 32.1. The van der Waals surface area contributed by atoms with Crippen molar-refractivity contribution in [1.29, 1.82) is 0 Å². The van der Waals surface area contributed by atoms with Gasteiger partial charge in [-0.2, -0.15) is 11.3 Å². The standard InChI is InChI=1S/C17H30N2S/c1-6-13(4)16-10-19(17(9-18-16)12(2)3)14(5)15-7-8-20-11-15/h7-8,11-14,16-18H,6,9-10H2,1-5H3. The summed E-state index contributed by atoms with van der Waals surface area (Å²) in [6, 6.07) is 4.09. The first-order valence-corrected chi connectivity index (χ1v) is 9.00. The zero-order valence-corrected chi connectivity index (χ0v) is 14.4. The number of thiophene rings is 1. The summed E-state index contributed by atoms with van der Waals surface area (Å²) in [5.41, 5.74) is 1.48. The minimum atomic E-state index is 0.530. The van der Waals surface area contributed by atoms with Gasteiger partial charge < -0.3 is 5.32 Å². The van der Waals surface area contributed by atoms with E-state index in [-0.39, 0.29) is 0 Å². The van der Waals surface area contributed by atoms with Gasteiger partial charge in [-0.1, -0.05) is 34.1 Å². The van der Waals surface area contributed by atoms with Crippen molar-refractivity contribution in [2.75, 3.05) is 13.1 Å². The predicted molar refractivity (Wildman–Crippen MR) is 89.3 cm³/mol. The molecule has 4 atom stereocenters. The molecule has 1 N–H and O–H groups in total. The van der Waals surface area contributed by atoms with Crippen LogP contribution in [-0.4, -0.2) is 30.1 Å². The Morgan fingerprint density at radius 2 is 2.10 bits per heavy atom. The highest BCUT2D eigenvalue weighted by Crippen LogP contribution is 2.30. The van der Waals surface area contributed by atoms with E-state index in [4.69, 9.17) is 0 Å². The third-order valence-electron chi connectivity index (χ3n) is 5.05. The maximum atomic E-state index is 3.79. The lowest BCUT2D eigenvalue weighted by Crippen LogP contribution is -2.60. The maximum Gasteiger partial charge on any atom is 0.0332 e. The molecule has 0 aromatic carbocycles. The molecule has 0 amide bonds. The Kier molecular flexibility index (Phi) is 5.65. The fraction of sp³-hybridized carbons (Fsp3) is 0.765. The van der Waals surface area contributed by atoms with Gasteiger partial charge in [0.1, 0.15) is 0 Å². The van der Waals surface area contributed by atoms with E-state index in [1.54, 1.807) is 0 Å². The second kappa shape index (κ2) is 7.06. The minimum Gasteiger partial charge on any atom is -0.311 e. The number of hydrogen-bond donors (Lipinski definition) is 1. The number of hydrogen-bond acceptors (Lipinski definition) is 3. The Morgan fingerprint density at radius 1 is 1.35 bits per heavy atom. The number of nitrogens with zero attached hydrogens (tertiary/aromatic N) is 1. The zero-order valence-electron chi connectivity index (χ0n) is 13.6. The van der Waals surface area contributed by atoms with Gasteiger partial charge in [-0.05, 0) is 41.1 Å². The van der Waals surface area contributed by atoms with E-state index < -0.39 is 0 Å². The van der Waals surface area contributed by atoms with Crippen molar-refractivity contribution in [2.45, 2.75) is 59.2 Å². The summed E-state index contributed by atoms with van der Waals surface area (Å²) >= 11 is 1.81. The molecular weight excluding hydrogens is 264 g/mol. The summed E-state index contributed by atoms with van der Waals surface area (Å²) in [7, 11) is 0. The van der Waals surface area contributed by atoms with Crippen molar-refractivity contribution >= 4 is 11.3 Å². The summed E-state index contributed by atoms with van der Waals surface area (Å²) in [6.45, 7) is 14.0. The first kappa shape index (κ1) is 16.0. The summed E-state index contributed by atoms with van der Waals surface area (Å²) in [5, 5.41) is 8.30. The van der Waals surface area contributed by atoms with Crippen LogP contribution in [0.15, 0.2) is 16.8 Å². The Bertz CT molecular complexity index is 388. The maximum absolute atomic E-state index is 3.79. The molecule has 0 radical (unpaired) electrons. The van der Waals surface area contributed by atoms with Crippen molar-refractivity contribution in [3.63, 3.8) is 0 Å². The fourth-order valence-corrected chi connectivity index (χ4v) is 4.00. The Labute approximate surface area is 128 Å². The molecule has 4 unspecified atom stereocenters. The third kappa shape index (κ3) is 3.44. The van der Waals surface area contributed by atoms with Gasteiger partial charge in [0.25, 0.3) is 0 Å². The number of nitrogens with one attached hydrogen (secondary N) is 1. The second-order valence-corrected chi connectivity index (χ2v) is 7.42. The number of rotatable bonds is 5. The highest BCUT2D eigenvalue weighted by Gasteiger charge is 2.34. The molecular formula is C17H30N2S. The van der Waals surface area contributed by atoms with Gasteiger partial charge in [-0.3, -0.25) is 4.90 Å². The molecule has 0 saturated carbocycles. The Morgan fingerprint density at radius 3 is 2.65 bits per heavy atom. The molecule has 20 heavy (non-hydrogen) atoms. The molecule has 114 valence electrons. The lowest BCUT2D eigenvalue weighted by molar-refractivity contribution is 0.0490. The minimum absolute atomic E-state index is 0.530. The topological polar surface area (TPSA) is 15.3 Å². The summed E-state index contributed by atoms with van der Waals surface area (Å²) in [5.74, 6) is 1.45. The predicted octanol–water partition coefficient (Wildman–Crippen LogP) is 4.15. The van der Waals surface area contributed by atoms with Gasteiger partial charge in [-0.25, -0.2) is 0 Å². The van der Waals surface area contributed by atoms with Gasteiger partial charge in [0.15, 0.2) is 0 Å². The average molecular weight is 295 g/mol. The largest absolute Gasteiger partial charge is 0.311 e. The van der Waals surface area contributed by atoms with Crippen molar-refractivity contribution < 1.29 is 0 Å². The molecule has 1 fully saturated rings. The van der Waals surface area contributed by atoms with Crippen molar-refractivity contribution in [2.24, 2.45) is 11.8 Å². The van der Waals surface area contributed by atoms with Gasteiger partial charge in [0.05, 0.1) is 0 Å². The first-order valence-electron chi connectivity index (χ1n) is 8.05. The fourth-order valence-electron chi connectivity index (χ4n) is 3.25. The van der Waals surface area contributed by atoms with E-state index in [9.17, 15) is 0 Å². The van der Waals surface area contributed by atoms with Crippen molar-refractivity contribution in [3.8, 4) is 0 Å². The molecule has 1 aliphatic heterocycles. The smallest absolute Gasteiger partial charge is 0.0332 e. The van der Waals surface area contributed by atoms with E-state index in [2.05, 4.69) is 61.7 Å². The van der Waals surface area contributed by atoms with Gasteiger partial charge >= 0.3 is 0 Å². The molecule has 3 heteroatoms. The quantitative estimate of drug-likeness (QED) is 0.877. The van der Waals surface area contributed by atoms with Crippen LogP contribution in [-0.2, 0) is 0 Å². The molecule has 1 aromatic rings. The normalized spacial score (nSPS) is 27.7. The molecule has 1 saturated heterocycles. The molecule has 2 rings (SSSR count). The summed E-state index contributed by atoms with van der Waals surface area (Å²) < 4.78 is 0. The van der Waals surface area contributed by atoms with E-state index in [1.807, 2.05) is 11.3 Å². The van der Waals surface area contributed by atoms with Gasteiger partial charge in [0, 0.05) is 31.2 Å². The van der Waals surface area contributed by atoms with Crippen LogP contribution in [0.2, 0.25) is 0 Å². The molecule has 0 spiro atoms. The molecule has 1 aliphatic rings. The first-order chi connectivity index (χ1) is 9.54. The third-order valence-corrected chi connectivity index (χ3v) is 5.75. The van der Waals surface area contributed by atoms with Crippen molar-refractivity contribution in [3.05, 3.63) is 22.4 Å². The van der Waals surface area contributed by atoms with Crippen molar-refractivity contribution in [1.82, 2.24) is 10.2 Å². The van der Waals surface area contributed by atoms with Crippen LogP contribution in [0.3, 0.4) is 0 Å². The summed E-state index contributed by atoms with van der Waals surface area (Å²) in [6.07, 6.45) is 1.25. The summed E-state index contributed by atoms with van der Waals surface area (Å²) in [4.78, 5) is 2.74. The molecule has 2 nitrogen and oxygen atoms in total. The van der Waals surface area contributed by atoms with Crippen LogP contribution in [0.4, 0.5) is 0 Å². The van der Waals surface area contributed by atoms with Crippen LogP contribution >= 0.6 is 11.3 Å². The molecule has 1 aromatic heterocycles. The van der Waals surface area contributed by atoms with Crippen LogP contribution in [0, 0.1) is 11.8 Å². The Balaban J connectivity index is 2.14. The average Bonchev–Trinajstić information content (AvgIpc) is 2.99. The monoisotopic (exact) mass is 294 g/mol.